The van der Waals surface area contributed by atoms with E-state index in [2.05, 4.69) is 16.7 Å². The zero-order valence-electron chi connectivity index (χ0n) is 14.9. The molecule has 0 saturated carbocycles. The van der Waals surface area contributed by atoms with E-state index in [0.29, 0.717) is 13.1 Å². The molecule has 1 aromatic rings. The average Bonchev–Trinajstić information content (AvgIpc) is 2.57. The molecule has 1 aliphatic carbocycles. The Kier molecular flexibility index (Phi) is 7.83. The average molecular weight is 330 g/mol. The van der Waals surface area contributed by atoms with Crippen LogP contribution in [0.3, 0.4) is 0 Å². The number of hydrogen-bond donors (Lipinski definition) is 2. The second-order valence-electron chi connectivity index (χ2n) is 6.62. The highest BCUT2D eigenvalue weighted by molar-refractivity contribution is 5.77. The van der Waals surface area contributed by atoms with Crippen LogP contribution in [-0.4, -0.2) is 25.1 Å². The van der Waals surface area contributed by atoms with Crippen molar-refractivity contribution in [2.24, 2.45) is 0 Å². The number of benzene rings is 1. The SMILES string of the molecule is CC(C)Oc1ccc(CNCC(=O)NCCC2=CCCCC2)cc1. The Balaban J connectivity index is 1.59. The quantitative estimate of drug-likeness (QED) is 0.681. The van der Waals surface area contributed by atoms with Gasteiger partial charge >= 0.3 is 0 Å². The van der Waals surface area contributed by atoms with Crippen LogP contribution in [0.2, 0.25) is 0 Å². The van der Waals surface area contributed by atoms with E-state index in [0.717, 1.165) is 24.3 Å². The maximum Gasteiger partial charge on any atom is 0.233 e. The monoisotopic (exact) mass is 330 g/mol. The zero-order valence-corrected chi connectivity index (χ0v) is 14.9. The molecular weight excluding hydrogens is 300 g/mol. The summed E-state index contributed by atoms with van der Waals surface area (Å²) in [4.78, 5) is 11.8. The fourth-order valence-electron chi connectivity index (χ4n) is 2.84. The Labute approximate surface area is 145 Å². The van der Waals surface area contributed by atoms with Gasteiger partial charge in [-0.1, -0.05) is 23.8 Å². The van der Waals surface area contributed by atoms with E-state index in [1.165, 1.54) is 31.3 Å². The fourth-order valence-corrected chi connectivity index (χ4v) is 2.84. The Morgan fingerprint density at radius 2 is 2.00 bits per heavy atom. The third kappa shape index (κ3) is 7.18. The highest BCUT2D eigenvalue weighted by Crippen LogP contribution is 2.19. The van der Waals surface area contributed by atoms with Crippen molar-refractivity contribution in [2.45, 2.75) is 58.6 Å². The summed E-state index contributed by atoms with van der Waals surface area (Å²) < 4.78 is 5.62. The first-order chi connectivity index (χ1) is 11.6. The van der Waals surface area contributed by atoms with Crippen LogP contribution in [0, 0.1) is 0 Å². The molecule has 0 spiro atoms. The van der Waals surface area contributed by atoms with Gasteiger partial charge in [-0.05, 0) is 63.6 Å². The number of nitrogens with one attached hydrogen (secondary N) is 2. The zero-order chi connectivity index (χ0) is 17.2. The van der Waals surface area contributed by atoms with E-state index >= 15 is 0 Å². The Bertz CT molecular complexity index is 535. The smallest absolute Gasteiger partial charge is 0.233 e. The Morgan fingerprint density at radius 3 is 2.67 bits per heavy atom. The van der Waals surface area contributed by atoms with E-state index in [9.17, 15) is 4.79 Å². The third-order valence-electron chi connectivity index (χ3n) is 4.06. The summed E-state index contributed by atoms with van der Waals surface area (Å²) >= 11 is 0. The molecule has 1 aromatic carbocycles. The molecule has 0 heterocycles. The van der Waals surface area contributed by atoms with E-state index < -0.39 is 0 Å². The van der Waals surface area contributed by atoms with Crippen LogP contribution >= 0.6 is 0 Å². The molecule has 0 bridgehead atoms. The normalized spacial score (nSPS) is 14.4. The van der Waals surface area contributed by atoms with E-state index in [-0.39, 0.29) is 12.0 Å². The molecule has 0 atom stereocenters. The molecule has 0 aromatic heterocycles. The maximum atomic E-state index is 11.8. The highest BCUT2D eigenvalue weighted by Gasteiger charge is 2.05. The summed E-state index contributed by atoms with van der Waals surface area (Å²) in [5.41, 5.74) is 2.64. The number of carbonyl (C=O) groups is 1. The van der Waals surface area contributed by atoms with Gasteiger partial charge in [0.05, 0.1) is 12.6 Å². The van der Waals surface area contributed by atoms with Gasteiger partial charge in [0.2, 0.25) is 5.91 Å². The van der Waals surface area contributed by atoms with Crippen molar-refractivity contribution in [3.05, 3.63) is 41.5 Å². The van der Waals surface area contributed by atoms with Crippen molar-refractivity contribution >= 4 is 5.91 Å². The van der Waals surface area contributed by atoms with Gasteiger partial charge < -0.3 is 15.4 Å². The van der Waals surface area contributed by atoms with Crippen LogP contribution in [0.4, 0.5) is 0 Å². The molecule has 1 aliphatic rings. The van der Waals surface area contributed by atoms with Crippen LogP contribution in [0.1, 0.15) is 51.5 Å². The Hall–Kier alpha value is -1.81. The lowest BCUT2D eigenvalue weighted by molar-refractivity contribution is -0.120. The molecule has 2 N–H and O–H groups in total. The molecule has 0 unspecified atom stereocenters. The number of amides is 1. The topological polar surface area (TPSA) is 50.4 Å². The summed E-state index contributed by atoms with van der Waals surface area (Å²) in [5, 5.41) is 6.17. The predicted molar refractivity (Wildman–Crippen MR) is 98.1 cm³/mol. The molecule has 132 valence electrons. The first kappa shape index (κ1) is 18.5. The molecule has 24 heavy (non-hydrogen) atoms. The van der Waals surface area contributed by atoms with E-state index in [1.54, 1.807) is 0 Å². The summed E-state index contributed by atoms with van der Waals surface area (Å²) in [5.74, 6) is 0.940. The number of carbonyl (C=O) groups excluding carboxylic acids is 1. The summed E-state index contributed by atoms with van der Waals surface area (Å²) in [6.45, 7) is 5.80. The molecule has 1 amide bonds. The predicted octanol–water partition coefficient (Wildman–Crippen LogP) is 3.57. The second-order valence-corrected chi connectivity index (χ2v) is 6.62. The fraction of sp³-hybridized carbons (Fsp3) is 0.550. The van der Waals surface area contributed by atoms with Gasteiger partial charge in [0.1, 0.15) is 5.75 Å². The summed E-state index contributed by atoms with van der Waals surface area (Å²) in [6.07, 6.45) is 8.51. The second kappa shape index (κ2) is 10.1. The Morgan fingerprint density at radius 1 is 1.21 bits per heavy atom. The minimum atomic E-state index is 0.0613. The van der Waals surface area contributed by atoms with Crippen LogP contribution < -0.4 is 15.4 Å². The minimum Gasteiger partial charge on any atom is -0.491 e. The number of ether oxygens (including phenoxy) is 1. The van der Waals surface area contributed by atoms with Crippen LogP contribution in [0.25, 0.3) is 0 Å². The molecular formula is C20H30N2O2. The third-order valence-corrected chi connectivity index (χ3v) is 4.06. The first-order valence-electron chi connectivity index (χ1n) is 9.04. The van der Waals surface area contributed by atoms with Crippen molar-refractivity contribution < 1.29 is 9.53 Å². The lowest BCUT2D eigenvalue weighted by Crippen LogP contribution is -2.34. The lowest BCUT2D eigenvalue weighted by atomic mass is 9.97. The largest absolute Gasteiger partial charge is 0.491 e. The van der Waals surface area contributed by atoms with Gasteiger partial charge in [-0.2, -0.15) is 0 Å². The van der Waals surface area contributed by atoms with Crippen LogP contribution in [0.15, 0.2) is 35.9 Å². The first-order valence-corrected chi connectivity index (χ1v) is 9.04. The molecule has 0 radical (unpaired) electrons. The number of rotatable bonds is 9. The summed E-state index contributed by atoms with van der Waals surface area (Å²) in [7, 11) is 0. The molecule has 0 saturated heterocycles. The van der Waals surface area contributed by atoms with Gasteiger partial charge in [0.15, 0.2) is 0 Å². The minimum absolute atomic E-state index is 0.0613. The van der Waals surface area contributed by atoms with Crippen molar-refractivity contribution in [3.8, 4) is 5.75 Å². The van der Waals surface area contributed by atoms with E-state index in [1.807, 2.05) is 38.1 Å². The molecule has 0 aliphatic heterocycles. The van der Waals surface area contributed by atoms with Gasteiger partial charge in [-0.25, -0.2) is 0 Å². The highest BCUT2D eigenvalue weighted by atomic mass is 16.5. The number of allylic oxidation sites excluding steroid dienone is 1. The van der Waals surface area contributed by atoms with Gasteiger partial charge in [-0.15, -0.1) is 0 Å². The van der Waals surface area contributed by atoms with Crippen molar-refractivity contribution in [1.82, 2.24) is 10.6 Å². The van der Waals surface area contributed by atoms with Crippen LogP contribution in [-0.2, 0) is 11.3 Å². The van der Waals surface area contributed by atoms with Gasteiger partial charge in [0.25, 0.3) is 0 Å². The van der Waals surface area contributed by atoms with Gasteiger partial charge in [-0.3, -0.25) is 4.79 Å². The molecule has 4 heteroatoms. The lowest BCUT2D eigenvalue weighted by Gasteiger charge is -2.13. The van der Waals surface area contributed by atoms with Crippen molar-refractivity contribution in [3.63, 3.8) is 0 Å². The molecule has 2 rings (SSSR count). The van der Waals surface area contributed by atoms with Crippen molar-refractivity contribution in [1.29, 1.82) is 0 Å². The standard InChI is InChI=1S/C20H30N2O2/c1-16(2)24-19-10-8-18(9-11-19)14-21-15-20(23)22-13-12-17-6-4-3-5-7-17/h6,8-11,16,21H,3-5,7,12-15H2,1-2H3,(H,22,23). The van der Waals surface area contributed by atoms with E-state index in [4.69, 9.17) is 4.74 Å². The van der Waals surface area contributed by atoms with Crippen LogP contribution in [0.5, 0.6) is 5.75 Å². The molecule has 4 nitrogen and oxygen atoms in total. The van der Waals surface area contributed by atoms with Gasteiger partial charge in [0, 0.05) is 13.1 Å². The maximum absolute atomic E-state index is 11.8. The summed E-state index contributed by atoms with van der Waals surface area (Å²) in [6, 6.07) is 7.99. The van der Waals surface area contributed by atoms with Crippen molar-refractivity contribution in [2.75, 3.05) is 13.1 Å². The number of hydrogen-bond acceptors (Lipinski definition) is 3. The molecule has 0 fully saturated rings.